The molecule has 0 fully saturated rings. The van der Waals surface area contributed by atoms with Crippen LogP contribution < -0.4 is 10.9 Å². The molecule has 0 atom stereocenters. The Bertz CT molecular complexity index is 572. The summed E-state index contributed by atoms with van der Waals surface area (Å²) in [5.41, 5.74) is -0.238. The normalized spacial score (nSPS) is 11.1. The van der Waals surface area contributed by atoms with Crippen molar-refractivity contribution in [2.75, 3.05) is 5.32 Å². The molecule has 1 heterocycles. The Morgan fingerprint density at radius 3 is 2.00 bits per heavy atom. The van der Waals surface area contributed by atoms with Crippen LogP contribution in [0.25, 0.3) is 0 Å². The molecule has 0 radical (unpaired) electrons. The number of nitrogens with one attached hydrogen (secondary N) is 2. The van der Waals surface area contributed by atoms with Crippen molar-refractivity contribution in [2.24, 2.45) is 5.92 Å². The summed E-state index contributed by atoms with van der Waals surface area (Å²) in [4.78, 5) is 23.9. The van der Waals surface area contributed by atoms with Gasteiger partial charge >= 0.3 is 0 Å². The lowest BCUT2D eigenvalue weighted by Crippen LogP contribution is -2.21. The largest absolute Gasteiger partial charge is 0.320 e. The molecule has 0 aliphatic carbocycles. The summed E-state index contributed by atoms with van der Waals surface area (Å²) in [6.07, 6.45) is 20.8. The van der Waals surface area contributed by atoms with Gasteiger partial charge in [0.15, 0.2) is 0 Å². The maximum Gasteiger partial charge on any atom is 0.290 e. The van der Waals surface area contributed by atoms with Crippen molar-refractivity contribution in [1.29, 1.82) is 0 Å². The predicted octanol–water partition coefficient (Wildman–Crippen LogP) is 6.00. The number of aromatic nitrogens is 3. The van der Waals surface area contributed by atoms with Crippen LogP contribution in [0.2, 0.25) is 0 Å². The minimum Gasteiger partial charge on any atom is -0.320 e. The molecule has 1 aromatic heterocycles. The minimum atomic E-state index is -0.413. The Morgan fingerprint density at radius 1 is 0.897 bits per heavy atom. The van der Waals surface area contributed by atoms with Crippen molar-refractivity contribution in [3.8, 4) is 0 Å². The highest BCUT2D eigenvalue weighted by Gasteiger charge is 2.13. The van der Waals surface area contributed by atoms with Crippen molar-refractivity contribution in [3.63, 3.8) is 0 Å². The first-order valence-corrected chi connectivity index (χ1v) is 11.9. The summed E-state index contributed by atoms with van der Waals surface area (Å²) < 4.78 is 0. The molecular formula is C23H42N4O2. The number of nitrogens with zero attached hydrogens (tertiary/aromatic N) is 2. The molecule has 6 heteroatoms. The van der Waals surface area contributed by atoms with Crippen molar-refractivity contribution >= 4 is 11.6 Å². The molecule has 0 unspecified atom stereocenters. The number of amides is 1. The average molecular weight is 407 g/mol. The van der Waals surface area contributed by atoms with E-state index in [1.54, 1.807) is 0 Å². The van der Waals surface area contributed by atoms with Gasteiger partial charge in [-0.15, -0.1) is 5.10 Å². The number of hydrogen-bond acceptors (Lipinski definition) is 4. The van der Waals surface area contributed by atoms with Crippen LogP contribution in [0.15, 0.2) is 11.0 Å². The summed E-state index contributed by atoms with van der Waals surface area (Å²) in [6, 6.07) is 0. The number of hydrogen-bond donors (Lipinski definition) is 2. The summed E-state index contributed by atoms with van der Waals surface area (Å²) in [5.74, 6) is 0.492. The number of unbranched alkanes of at least 4 members (excludes halogenated alkanes) is 10. The van der Waals surface area contributed by atoms with Crippen LogP contribution in [0.5, 0.6) is 0 Å². The fourth-order valence-electron chi connectivity index (χ4n) is 3.78. The highest BCUT2D eigenvalue weighted by Crippen LogP contribution is 2.23. The highest BCUT2D eigenvalue weighted by molar-refractivity contribution is 5.90. The van der Waals surface area contributed by atoms with Crippen LogP contribution in [-0.2, 0) is 4.79 Å². The van der Waals surface area contributed by atoms with Gasteiger partial charge in [0, 0.05) is 6.42 Å². The smallest absolute Gasteiger partial charge is 0.290 e. The quantitative estimate of drug-likeness (QED) is 0.293. The third-order valence-electron chi connectivity index (χ3n) is 5.63. The first-order chi connectivity index (χ1) is 14.2. The van der Waals surface area contributed by atoms with Gasteiger partial charge in [-0.05, 0) is 12.3 Å². The Balaban J connectivity index is 2.35. The van der Waals surface area contributed by atoms with Gasteiger partial charge in [-0.1, -0.05) is 109 Å². The molecular weight excluding hydrogens is 364 g/mol. The molecule has 29 heavy (non-hydrogen) atoms. The van der Waals surface area contributed by atoms with E-state index in [0.29, 0.717) is 12.3 Å². The number of rotatable bonds is 18. The number of carbonyl (C=O) groups is 1. The molecule has 6 nitrogen and oxygen atoms in total. The molecule has 0 saturated carbocycles. The molecule has 0 saturated heterocycles. The Morgan fingerprint density at radius 2 is 1.45 bits per heavy atom. The van der Waals surface area contributed by atoms with E-state index >= 15 is 0 Å². The second kappa shape index (κ2) is 17.2. The van der Waals surface area contributed by atoms with Gasteiger partial charge < -0.3 is 5.32 Å². The molecule has 1 aromatic rings. The van der Waals surface area contributed by atoms with Crippen LogP contribution in [-0.4, -0.2) is 21.3 Å². The summed E-state index contributed by atoms with van der Waals surface area (Å²) in [7, 11) is 0. The molecule has 0 spiro atoms. The molecule has 0 bridgehead atoms. The van der Waals surface area contributed by atoms with Gasteiger partial charge in [-0.25, -0.2) is 5.10 Å². The Labute approximate surface area is 176 Å². The van der Waals surface area contributed by atoms with Crippen molar-refractivity contribution in [3.05, 3.63) is 16.6 Å². The number of aromatic amines is 1. The zero-order chi connectivity index (χ0) is 21.2. The topological polar surface area (TPSA) is 87.7 Å². The van der Waals surface area contributed by atoms with Gasteiger partial charge in [-0.2, -0.15) is 0 Å². The van der Waals surface area contributed by atoms with Gasteiger partial charge in [-0.3, -0.25) is 9.59 Å². The van der Waals surface area contributed by atoms with Crippen molar-refractivity contribution in [1.82, 2.24) is 15.4 Å². The summed E-state index contributed by atoms with van der Waals surface area (Å²) in [5, 5.41) is 11.9. The Kier molecular flexibility index (Phi) is 15.0. The number of H-pyrrole nitrogens is 1. The van der Waals surface area contributed by atoms with Gasteiger partial charge in [0.2, 0.25) is 5.91 Å². The van der Waals surface area contributed by atoms with Gasteiger partial charge in [0.05, 0.1) is 6.20 Å². The van der Waals surface area contributed by atoms with Crippen LogP contribution in [0, 0.1) is 5.92 Å². The van der Waals surface area contributed by atoms with Crippen LogP contribution in [0.3, 0.4) is 0 Å². The third kappa shape index (κ3) is 13.2. The van der Waals surface area contributed by atoms with Crippen LogP contribution in [0.4, 0.5) is 5.69 Å². The molecule has 0 aliphatic heterocycles. The van der Waals surface area contributed by atoms with Crippen molar-refractivity contribution < 1.29 is 4.79 Å². The standard InChI is InChI=1S/C23H42N4O2/c1-3-5-7-9-11-13-15-20(16-14-12-10-8-6-4-2)17-18-22(28)25-21-19-24-27-26-23(21)29/h19-20H,3-18H2,1-2H3,(H,24,26,29)(H,25,27,28). The van der Waals surface area contributed by atoms with E-state index < -0.39 is 5.56 Å². The van der Waals surface area contributed by atoms with Crippen molar-refractivity contribution in [2.45, 2.75) is 117 Å². The fraction of sp³-hybridized carbons (Fsp3) is 0.826. The Hall–Kier alpha value is -1.72. The summed E-state index contributed by atoms with van der Waals surface area (Å²) >= 11 is 0. The van der Waals surface area contributed by atoms with E-state index in [4.69, 9.17) is 0 Å². The molecule has 1 amide bonds. The first kappa shape index (κ1) is 25.3. The predicted molar refractivity (Wildman–Crippen MR) is 120 cm³/mol. The molecule has 166 valence electrons. The zero-order valence-electron chi connectivity index (χ0n) is 18.7. The van der Waals surface area contributed by atoms with Gasteiger partial charge in [0.1, 0.15) is 5.69 Å². The molecule has 1 rings (SSSR count). The third-order valence-corrected chi connectivity index (χ3v) is 5.63. The van der Waals surface area contributed by atoms with E-state index in [2.05, 4.69) is 34.6 Å². The van der Waals surface area contributed by atoms with E-state index in [1.165, 1.54) is 96.1 Å². The molecule has 2 N–H and O–H groups in total. The lowest BCUT2D eigenvalue weighted by molar-refractivity contribution is -0.116. The fourth-order valence-corrected chi connectivity index (χ4v) is 3.78. The second-order valence-electron chi connectivity index (χ2n) is 8.26. The first-order valence-electron chi connectivity index (χ1n) is 11.9. The van der Waals surface area contributed by atoms with E-state index in [1.807, 2.05) is 0 Å². The highest BCUT2D eigenvalue weighted by atomic mass is 16.2. The lowest BCUT2D eigenvalue weighted by atomic mass is 9.90. The van der Waals surface area contributed by atoms with E-state index in [0.717, 1.165) is 6.42 Å². The van der Waals surface area contributed by atoms with Crippen LogP contribution in [0.1, 0.15) is 117 Å². The molecule has 0 aliphatic rings. The van der Waals surface area contributed by atoms with E-state index in [9.17, 15) is 9.59 Å². The zero-order valence-corrected chi connectivity index (χ0v) is 18.7. The second-order valence-corrected chi connectivity index (χ2v) is 8.26. The SMILES string of the molecule is CCCCCCCCC(CCCCCCCC)CCC(=O)Nc1cnn[nH]c1=O. The monoisotopic (exact) mass is 406 g/mol. The van der Waals surface area contributed by atoms with Gasteiger partial charge in [0.25, 0.3) is 5.56 Å². The maximum atomic E-state index is 12.3. The maximum absolute atomic E-state index is 12.3. The number of anilines is 1. The lowest BCUT2D eigenvalue weighted by Gasteiger charge is -2.17. The van der Waals surface area contributed by atoms with E-state index in [-0.39, 0.29) is 11.6 Å². The minimum absolute atomic E-state index is 0.112. The van der Waals surface area contributed by atoms with Crippen LogP contribution >= 0.6 is 0 Å². The molecule has 0 aromatic carbocycles. The summed E-state index contributed by atoms with van der Waals surface area (Å²) in [6.45, 7) is 4.49. The average Bonchev–Trinajstić information content (AvgIpc) is 2.72. The number of carbonyl (C=O) groups excluding carboxylic acids is 1.